The van der Waals surface area contributed by atoms with Crippen molar-refractivity contribution in [3.8, 4) is 0 Å². The number of hydrogen-bond donors (Lipinski definition) is 0. The Morgan fingerprint density at radius 1 is 1.19 bits per heavy atom. The summed E-state index contributed by atoms with van der Waals surface area (Å²) >= 11 is 0. The lowest BCUT2D eigenvalue weighted by Gasteiger charge is -2.06. The maximum absolute atomic E-state index is 11.7. The molecular formula is C11H11F3O2. The predicted octanol–water partition coefficient (Wildman–Crippen LogP) is 2.84. The van der Waals surface area contributed by atoms with Gasteiger partial charge in [-0.15, -0.1) is 0 Å². The van der Waals surface area contributed by atoms with Crippen molar-refractivity contribution in [3.63, 3.8) is 0 Å². The first kappa shape index (κ1) is 12.7. The summed E-state index contributed by atoms with van der Waals surface area (Å²) in [5, 5.41) is 0. The Hall–Kier alpha value is -1.36. The predicted molar refractivity (Wildman–Crippen MR) is 52.3 cm³/mol. The van der Waals surface area contributed by atoms with Crippen molar-refractivity contribution in [1.29, 1.82) is 0 Å². The van der Waals surface area contributed by atoms with Crippen molar-refractivity contribution >= 4 is 5.78 Å². The number of carbonyl (C=O) groups excluding carboxylic acids is 1. The molecule has 0 saturated carbocycles. The number of halogens is 3. The van der Waals surface area contributed by atoms with Crippen LogP contribution in [0.4, 0.5) is 13.2 Å². The highest BCUT2D eigenvalue weighted by atomic mass is 19.4. The zero-order chi connectivity index (χ0) is 12.0. The van der Waals surface area contributed by atoms with Crippen LogP contribution in [0.3, 0.4) is 0 Å². The molecule has 16 heavy (non-hydrogen) atoms. The number of alkyl halides is 3. The van der Waals surface area contributed by atoms with Crippen LogP contribution in [0.15, 0.2) is 30.3 Å². The minimum Gasteiger partial charge on any atom is -0.373 e. The zero-order valence-corrected chi connectivity index (χ0v) is 8.46. The molecule has 0 N–H and O–H groups in total. The molecule has 1 rings (SSSR count). The second-order valence-corrected chi connectivity index (χ2v) is 3.21. The Bertz CT molecular complexity index is 333. The van der Waals surface area contributed by atoms with Gasteiger partial charge in [0.25, 0.3) is 0 Å². The summed E-state index contributed by atoms with van der Waals surface area (Å²) in [5.74, 6) is -0.317. The molecule has 0 spiro atoms. The molecule has 0 aliphatic rings. The van der Waals surface area contributed by atoms with E-state index in [2.05, 4.69) is 4.74 Å². The van der Waals surface area contributed by atoms with Crippen LogP contribution < -0.4 is 0 Å². The summed E-state index contributed by atoms with van der Waals surface area (Å²) in [4.78, 5) is 11.4. The summed E-state index contributed by atoms with van der Waals surface area (Å²) < 4.78 is 39.9. The van der Waals surface area contributed by atoms with Crippen molar-refractivity contribution in [2.45, 2.75) is 12.6 Å². The maximum atomic E-state index is 11.7. The van der Waals surface area contributed by atoms with Gasteiger partial charge in [-0.2, -0.15) is 13.2 Å². The Morgan fingerprint density at radius 2 is 1.81 bits per heavy atom. The third kappa shape index (κ3) is 4.93. The van der Waals surface area contributed by atoms with Crippen LogP contribution in [0.5, 0.6) is 0 Å². The normalized spacial score (nSPS) is 11.4. The molecule has 0 saturated heterocycles. The highest BCUT2D eigenvalue weighted by Gasteiger charge is 2.26. The molecule has 0 aliphatic heterocycles. The van der Waals surface area contributed by atoms with Gasteiger partial charge in [0.2, 0.25) is 0 Å². The van der Waals surface area contributed by atoms with E-state index < -0.39 is 19.2 Å². The van der Waals surface area contributed by atoms with Gasteiger partial charge in [-0.25, -0.2) is 0 Å². The van der Waals surface area contributed by atoms with Gasteiger partial charge in [-0.3, -0.25) is 4.79 Å². The van der Waals surface area contributed by atoms with E-state index in [1.165, 1.54) is 0 Å². The van der Waals surface area contributed by atoms with Gasteiger partial charge in [0.15, 0.2) is 5.78 Å². The summed E-state index contributed by atoms with van der Waals surface area (Å²) in [6.07, 6.45) is -5.27. The second kappa shape index (κ2) is 5.65. The average Bonchev–Trinajstić information content (AvgIpc) is 2.24. The van der Waals surface area contributed by atoms with Gasteiger partial charge >= 0.3 is 6.18 Å². The van der Waals surface area contributed by atoms with Crippen LogP contribution in [0.1, 0.15) is 16.8 Å². The third-order valence-electron chi connectivity index (χ3n) is 1.86. The number of benzene rings is 1. The summed E-state index contributed by atoms with van der Waals surface area (Å²) in [7, 11) is 0. The minimum absolute atomic E-state index is 0.317. The van der Waals surface area contributed by atoms with Crippen LogP contribution in [-0.4, -0.2) is 25.2 Å². The molecule has 0 bridgehead atoms. The highest BCUT2D eigenvalue weighted by Crippen LogP contribution is 2.18. The van der Waals surface area contributed by atoms with E-state index in [0.29, 0.717) is 5.56 Å². The molecule has 5 heteroatoms. The Morgan fingerprint density at radius 3 is 2.38 bits per heavy atom. The fourth-order valence-corrected chi connectivity index (χ4v) is 1.06. The maximum Gasteiger partial charge on any atom is 0.391 e. The zero-order valence-electron chi connectivity index (χ0n) is 8.46. The fourth-order valence-electron chi connectivity index (χ4n) is 1.06. The lowest BCUT2D eigenvalue weighted by Crippen LogP contribution is -2.15. The van der Waals surface area contributed by atoms with Crippen molar-refractivity contribution in [3.05, 3.63) is 35.9 Å². The van der Waals surface area contributed by atoms with E-state index in [-0.39, 0.29) is 12.4 Å². The fraction of sp³-hybridized carbons (Fsp3) is 0.364. The first-order valence-corrected chi connectivity index (χ1v) is 4.72. The summed E-state index contributed by atoms with van der Waals surface area (Å²) in [5.41, 5.74) is 0.439. The van der Waals surface area contributed by atoms with Gasteiger partial charge in [0.1, 0.15) is 6.61 Å². The smallest absolute Gasteiger partial charge is 0.373 e. The topological polar surface area (TPSA) is 26.3 Å². The van der Waals surface area contributed by atoms with E-state index in [4.69, 9.17) is 0 Å². The van der Waals surface area contributed by atoms with Crippen LogP contribution in [0.25, 0.3) is 0 Å². The molecule has 0 aliphatic carbocycles. The molecule has 0 fully saturated rings. The summed E-state index contributed by atoms with van der Waals surface area (Å²) in [6, 6.07) is 8.30. The molecule has 0 aromatic heterocycles. The minimum atomic E-state index is -4.24. The van der Waals surface area contributed by atoms with Crippen LogP contribution in [0, 0.1) is 0 Å². The largest absolute Gasteiger partial charge is 0.391 e. The van der Waals surface area contributed by atoms with Gasteiger partial charge in [-0.1, -0.05) is 30.3 Å². The number of carbonyl (C=O) groups is 1. The van der Waals surface area contributed by atoms with Crippen LogP contribution in [-0.2, 0) is 4.74 Å². The van der Waals surface area contributed by atoms with E-state index in [1.54, 1.807) is 30.3 Å². The number of ether oxygens (including phenoxy) is 1. The Balaban J connectivity index is 2.27. The average molecular weight is 232 g/mol. The van der Waals surface area contributed by atoms with Gasteiger partial charge in [0, 0.05) is 5.56 Å². The standard InChI is InChI=1S/C11H11F3O2/c12-11(13,14)6-7-16-8-10(15)9-4-2-1-3-5-9/h1-5H,6-8H2. The Kier molecular flexibility index (Phi) is 4.49. The first-order chi connectivity index (χ1) is 7.49. The van der Waals surface area contributed by atoms with Gasteiger partial charge in [0.05, 0.1) is 13.0 Å². The molecule has 0 radical (unpaired) electrons. The molecule has 0 amide bonds. The number of Topliss-reactive ketones (excluding diaryl/α,β-unsaturated/α-hetero) is 1. The van der Waals surface area contributed by atoms with Crippen molar-refractivity contribution in [1.82, 2.24) is 0 Å². The highest BCUT2D eigenvalue weighted by molar-refractivity contribution is 5.96. The Labute approximate surface area is 91.0 Å². The van der Waals surface area contributed by atoms with Gasteiger partial charge < -0.3 is 4.74 Å². The second-order valence-electron chi connectivity index (χ2n) is 3.21. The monoisotopic (exact) mass is 232 g/mol. The molecule has 0 unspecified atom stereocenters. The molecule has 2 nitrogen and oxygen atoms in total. The first-order valence-electron chi connectivity index (χ1n) is 4.72. The van der Waals surface area contributed by atoms with E-state index in [9.17, 15) is 18.0 Å². The third-order valence-corrected chi connectivity index (χ3v) is 1.86. The SMILES string of the molecule is O=C(COCCC(F)(F)F)c1ccccc1. The van der Waals surface area contributed by atoms with Crippen molar-refractivity contribution in [2.24, 2.45) is 0 Å². The van der Waals surface area contributed by atoms with Gasteiger partial charge in [-0.05, 0) is 0 Å². The van der Waals surface area contributed by atoms with E-state index >= 15 is 0 Å². The summed E-state index contributed by atoms with van der Waals surface area (Å²) in [6.45, 7) is -0.803. The molecule has 0 atom stereocenters. The lowest BCUT2D eigenvalue weighted by atomic mass is 10.1. The number of ketones is 1. The van der Waals surface area contributed by atoms with E-state index in [1.807, 2.05) is 0 Å². The quantitative estimate of drug-likeness (QED) is 0.576. The molecule has 1 aromatic rings. The molecule has 1 aromatic carbocycles. The van der Waals surface area contributed by atoms with Crippen molar-refractivity contribution in [2.75, 3.05) is 13.2 Å². The number of hydrogen-bond acceptors (Lipinski definition) is 2. The molecular weight excluding hydrogens is 221 g/mol. The van der Waals surface area contributed by atoms with Crippen LogP contribution in [0.2, 0.25) is 0 Å². The van der Waals surface area contributed by atoms with E-state index in [0.717, 1.165) is 0 Å². The molecule has 88 valence electrons. The number of rotatable bonds is 5. The lowest BCUT2D eigenvalue weighted by molar-refractivity contribution is -0.144. The molecule has 0 heterocycles. The van der Waals surface area contributed by atoms with Crippen molar-refractivity contribution < 1.29 is 22.7 Å². The van der Waals surface area contributed by atoms with Crippen LogP contribution >= 0.6 is 0 Å².